The van der Waals surface area contributed by atoms with Gasteiger partial charge in [0.25, 0.3) is 10.1 Å². The van der Waals surface area contributed by atoms with E-state index in [-0.39, 0.29) is 0 Å². The Morgan fingerprint density at radius 2 is 1.23 bits per heavy atom. The molecule has 0 rings (SSSR count). The summed E-state index contributed by atoms with van der Waals surface area (Å²) in [5.41, 5.74) is 0. The van der Waals surface area contributed by atoms with Gasteiger partial charge in [-0.1, -0.05) is 6.92 Å². The third kappa shape index (κ3) is 20.2. The predicted molar refractivity (Wildman–Crippen MR) is 102 cm³/mol. The van der Waals surface area contributed by atoms with Gasteiger partial charge in [-0.2, -0.15) is 8.42 Å². The molecule has 0 saturated heterocycles. The van der Waals surface area contributed by atoms with E-state index in [1.807, 2.05) is 0 Å². The molecule has 0 saturated carbocycles. The van der Waals surface area contributed by atoms with Gasteiger partial charge in [0.2, 0.25) is 0 Å². The smallest absolute Gasteiger partial charge is 0.325 e. The van der Waals surface area contributed by atoms with Crippen LogP contribution in [0.3, 0.4) is 0 Å². The summed E-state index contributed by atoms with van der Waals surface area (Å²) in [6, 6.07) is 0. The molecule has 0 radical (unpaired) electrons. The largest absolute Gasteiger partial charge is 0.481 e. The van der Waals surface area contributed by atoms with Crippen molar-refractivity contribution >= 4 is 50.0 Å². The number of hydrogen-bond acceptors (Lipinski definition) is 4. The summed E-state index contributed by atoms with van der Waals surface area (Å²) in [6.45, 7) is 2.29. The summed E-state index contributed by atoms with van der Waals surface area (Å²) in [5, 5.41) is 13.9. The maximum atomic E-state index is 10.2. The van der Waals surface area contributed by atoms with Gasteiger partial charge in [0.1, 0.15) is 0 Å². The number of carbonyl (C=O) groups is 2. The van der Waals surface area contributed by atoms with E-state index < -0.39 is 33.7 Å². The molecule has 0 aromatic heterocycles. The molecule has 1 atom stereocenters. The van der Waals surface area contributed by atoms with Crippen LogP contribution in [0.5, 0.6) is 0 Å². The monoisotopic (exact) mass is 404 g/mol. The van der Waals surface area contributed by atoms with E-state index in [2.05, 4.69) is 6.92 Å². The third-order valence-electron chi connectivity index (χ3n) is 3.95. The molecular weight excluding hydrogens is 371 g/mol. The molecule has 0 bridgehead atoms. The van der Waals surface area contributed by atoms with Crippen LogP contribution < -0.4 is 0 Å². The van der Waals surface area contributed by atoms with Crippen molar-refractivity contribution in [1.82, 2.24) is 0 Å². The van der Waals surface area contributed by atoms with Crippen molar-refractivity contribution < 1.29 is 32.8 Å². The van der Waals surface area contributed by atoms with Gasteiger partial charge in [0.05, 0.1) is 6.42 Å². The molecule has 9 heteroatoms. The fourth-order valence-corrected chi connectivity index (χ4v) is 3.50. The zero-order chi connectivity index (χ0) is 20.4. The number of carboxylic acids is 2. The predicted octanol–water partition coefficient (Wildman–Crippen LogP) is 3.69. The minimum absolute atomic E-state index is 1.16. The van der Waals surface area contributed by atoms with Crippen LogP contribution in [0.25, 0.3) is 0 Å². The Morgan fingerprint density at radius 1 is 0.846 bits per heavy atom. The average molecular weight is 405 g/mol. The molecule has 0 fully saturated rings. The maximum Gasteiger partial charge on any atom is 0.325 e. The minimum Gasteiger partial charge on any atom is -0.481 e. The molecule has 0 heterocycles. The van der Waals surface area contributed by atoms with Gasteiger partial charge >= 0.3 is 114 Å². The average Bonchev–Trinajstić information content (AvgIpc) is 2.53. The van der Waals surface area contributed by atoms with Crippen molar-refractivity contribution in [1.29, 1.82) is 0 Å². The van der Waals surface area contributed by atoms with Crippen molar-refractivity contribution in [3.05, 3.63) is 0 Å². The van der Waals surface area contributed by atoms with Crippen LogP contribution in [0.2, 0.25) is 3.67 Å². The van der Waals surface area contributed by atoms with E-state index in [0.29, 0.717) is 0 Å². The molecule has 0 spiro atoms. The number of carboxylic acid groups (broad SMARTS) is 2. The van der Waals surface area contributed by atoms with E-state index in [1.165, 1.54) is 102 Å². The molecule has 0 aromatic carbocycles. The molecule has 3 N–H and O–H groups in total. The first-order chi connectivity index (χ1) is 12.2. The van der Waals surface area contributed by atoms with Crippen molar-refractivity contribution in [3.63, 3.8) is 0 Å². The Bertz CT molecular complexity index is 454. The van der Waals surface area contributed by atoms with Crippen LogP contribution in [0, 0.1) is 0 Å². The van der Waals surface area contributed by atoms with E-state index in [0.717, 1.165) is 0 Å². The Hall–Kier alpha value is -0.150. The third-order valence-corrected chi connectivity index (χ3v) is 5.75. The Kier molecular flexibility index (Phi) is 19.7. The van der Waals surface area contributed by atoms with Gasteiger partial charge in [-0.3, -0.25) is 14.1 Å². The standard InChI is InChI=1S/C13H27.C4H6O7S.Na/c1-3-5-7-9-11-13-12-10-8-6-4-2;5-3(6)1-2(4(7)8)12(9,10)11;/h1,3-13H2,2H3;2H,1H2,(H,5,6)(H,7,8)(H,9,10,11);. The molecule has 0 aliphatic heterocycles. The molecule has 7 nitrogen and oxygen atoms in total. The molecular formula is C17H33NaO7S. The zero-order valence-corrected chi connectivity index (χ0v) is 19.0. The zero-order valence-electron chi connectivity index (χ0n) is 16.2. The number of aliphatic carboxylic acids is 2. The van der Waals surface area contributed by atoms with Crippen molar-refractivity contribution in [2.75, 3.05) is 0 Å². The fourth-order valence-electron chi connectivity index (χ4n) is 2.39. The Labute approximate surface area is 175 Å². The Morgan fingerprint density at radius 3 is 1.46 bits per heavy atom. The quantitative estimate of drug-likeness (QED) is 0.216. The number of unbranched alkanes of at least 4 members (excludes halogenated alkanes) is 10. The van der Waals surface area contributed by atoms with Gasteiger partial charge < -0.3 is 10.2 Å². The first kappa shape index (κ1) is 28.1. The second kappa shape index (κ2) is 18.2. The van der Waals surface area contributed by atoms with Gasteiger partial charge in [-0.05, 0) is 0 Å². The van der Waals surface area contributed by atoms with Crippen LogP contribution in [-0.4, -0.2) is 68.3 Å². The first-order valence-electron chi connectivity index (χ1n) is 9.57. The summed E-state index contributed by atoms with van der Waals surface area (Å²) in [4.78, 5) is 20.0. The van der Waals surface area contributed by atoms with E-state index >= 15 is 0 Å². The SMILES string of the molecule is CCCCCCCCCCCC[CH2][Na].O=C(O)CC(C(=O)O)S(=O)(=O)O. The van der Waals surface area contributed by atoms with Gasteiger partial charge in [0, 0.05) is 0 Å². The van der Waals surface area contributed by atoms with Crippen LogP contribution in [-0.2, 0) is 19.7 Å². The minimum atomic E-state index is -4.84. The van der Waals surface area contributed by atoms with Crippen LogP contribution >= 0.6 is 0 Å². The van der Waals surface area contributed by atoms with Crippen LogP contribution in [0.4, 0.5) is 0 Å². The summed E-state index contributed by atoms with van der Waals surface area (Å²) in [5.74, 6) is -3.50. The molecule has 1 unspecified atom stereocenters. The number of hydrogen-bond donors (Lipinski definition) is 3. The molecule has 0 aliphatic carbocycles. The molecule has 0 amide bonds. The van der Waals surface area contributed by atoms with Gasteiger partial charge in [0.15, 0.2) is 5.25 Å². The summed E-state index contributed by atoms with van der Waals surface area (Å²) < 4.78 is 30.2. The van der Waals surface area contributed by atoms with E-state index in [1.54, 1.807) is 0 Å². The summed E-state index contributed by atoms with van der Waals surface area (Å²) >= 11 is 1.41. The van der Waals surface area contributed by atoms with Crippen molar-refractivity contribution in [2.45, 2.75) is 92.9 Å². The van der Waals surface area contributed by atoms with E-state index in [4.69, 9.17) is 14.8 Å². The molecule has 0 aromatic rings. The normalized spacial score (nSPS) is 12.2. The molecule has 0 aliphatic rings. The Balaban J connectivity index is 0. The fraction of sp³-hybridized carbons (Fsp3) is 0.882. The van der Waals surface area contributed by atoms with Crippen LogP contribution in [0.15, 0.2) is 0 Å². The van der Waals surface area contributed by atoms with Crippen LogP contribution in [0.1, 0.15) is 84.0 Å². The van der Waals surface area contributed by atoms with Gasteiger partial charge in [-0.25, -0.2) is 0 Å². The summed E-state index contributed by atoms with van der Waals surface area (Å²) in [6.07, 6.45) is 15.1. The number of rotatable bonds is 15. The second-order valence-corrected chi connectivity index (χ2v) is 9.07. The topological polar surface area (TPSA) is 129 Å². The van der Waals surface area contributed by atoms with Crippen molar-refractivity contribution in [3.8, 4) is 0 Å². The van der Waals surface area contributed by atoms with Crippen molar-refractivity contribution in [2.24, 2.45) is 0 Å². The first-order valence-corrected chi connectivity index (χ1v) is 12.5. The summed E-state index contributed by atoms with van der Waals surface area (Å²) in [7, 11) is -4.84. The molecule has 26 heavy (non-hydrogen) atoms. The molecule has 150 valence electrons. The maximum absolute atomic E-state index is 10.2. The van der Waals surface area contributed by atoms with E-state index in [9.17, 15) is 18.0 Å². The van der Waals surface area contributed by atoms with Gasteiger partial charge in [-0.15, -0.1) is 0 Å². The second-order valence-electron chi connectivity index (χ2n) is 6.48.